The van der Waals surface area contributed by atoms with E-state index in [9.17, 15) is 9.90 Å². The van der Waals surface area contributed by atoms with E-state index in [0.29, 0.717) is 17.7 Å². The lowest BCUT2D eigenvalue weighted by Crippen LogP contribution is -1.99. The molecular weight excluding hydrogens is 260 g/mol. The van der Waals surface area contributed by atoms with E-state index in [0.717, 1.165) is 4.47 Å². The molecule has 0 saturated carbocycles. The highest BCUT2D eigenvalue weighted by Gasteiger charge is 2.10. The summed E-state index contributed by atoms with van der Waals surface area (Å²) in [5.41, 5.74) is 1.31. The van der Waals surface area contributed by atoms with Crippen molar-refractivity contribution in [3.8, 4) is 5.75 Å². The fourth-order valence-electron chi connectivity index (χ4n) is 1.39. The molecule has 0 aromatic heterocycles. The maximum absolute atomic E-state index is 11.0. The number of aromatic hydroxyl groups is 1. The highest BCUT2D eigenvalue weighted by Crippen LogP contribution is 2.28. The summed E-state index contributed by atoms with van der Waals surface area (Å²) in [5.74, 6) is 0.169. The molecule has 0 heterocycles. The average Bonchev–Trinajstić information content (AvgIpc) is 2.12. The predicted octanol–water partition coefficient (Wildman–Crippen LogP) is 2.43. The number of hydrogen-bond donors (Lipinski definition) is 1. The second kappa shape index (κ2) is 5.28. The van der Waals surface area contributed by atoms with Gasteiger partial charge in [0.1, 0.15) is 11.5 Å². The van der Waals surface area contributed by atoms with Crippen LogP contribution in [0.1, 0.15) is 18.1 Å². The molecule has 0 bridgehead atoms. The minimum absolute atomic E-state index is 0.0202. The van der Waals surface area contributed by atoms with Gasteiger partial charge in [-0.2, -0.15) is 0 Å². The summed E-state index contributed by atoms with van der Waals surface area (Å²) < 4.78 is 5.79. The van der Waals surface area contributed by atoms with E-state index in [2.05, 4.69) is 15.9 Å². The number of hydrogen-bond acceptors (Lipinski definition) is 3. The molecule has 0 fully saturated rings. The molecule has 0 aliphatic rings. The first kappa shape index (κ1) is 12.2. The maximum Gasteiger partial charge on any atom is 0.134 e. The zero-order chi connectivity index (χ0) is 11.4. The van der Waals surface area contributed by atoms with Crippen LogP contribution in [0, 0.1) is 0 Å². The zero-order valence-electron chi connectivity index (χ0n) is 8.71. The molecule has 15 heavy (non-hydrogen) atoms. The molecule has 0 saturated heterocycles. The smallest absolute Gasteiger partial charge is 0.134 e. The molecule has 0 atom stereocenters. The highest BCUT2D eigenvalue weighted by atomic mass is 79.9. The number of Topliss-reactive ketones (excluding diaryl/α,β-unsaturated/α-hetero) is 1. The Hall–Kier alpha value is -0.870. The van der Waals surface area contributed by atoms with Crippen LogP contribution in [0.25, 0.3) is 0 Å². The van der Waals surface area contributed by atoms with Crippen molar-refractivity contribution in [1.29, 1.82) is 0 Å². The number of ketones is 1. The number of halogens is 1. The molecular formula is C11H13BrO3. The van der Waals surface area contributed by atoms with Crippen molar-refractivity contribution in [3.05, 3.63) is 27.7 Å². The van der Waals surface area contributed by atoms with Gasteiger partial charge in [0, 0.05) is 29.1 Å². The summed E-state index contributed by atoms with van der Waals surface area (Å²) in [7, 11) is 1.56. The Bertz CT molecular complexity index is 374. The van der Waals surface area contributed by atoms with E-state index in [1.807, 2.05) is 0 Å². The van der Waals surface area contributed by atoms with Crippen LogP contribution in [0.2, 0.25) is 0 Å². The molecule has 1 aromatic carbocycles. The van der Waals surface area contributed by atoms with Crippen LogP contribution >= 0.6 is 15.9 Å². The summed E-state index contributed by atoms with van der Waals surface area (Å²) in [6, 6.07) is 3.53. The zero-order valence-corrected chi connectivity index (χ0v) is 10.3. The SMILES string of the molecule is COCc1cc(Br)cc(CC(C)=O)c1O. The molecule has 3 nitrogen and oxygen atoms in total. The Kier molecular flexibility index (Phi) is 4.29. The van der Waals surface area contributed by atoms with Gasteiger partial charge in [0.15, 0.2) is 0 Å². The van der Waals surface area contributed by atoms with Gasteiger partial charge in [-0.3, -0.25) is 4.79 Å². The van der Waals surface area contributed by atoms with Gasteiger partial charge in [-0.25, -0.2) is 0 Å². The second-order valence-corrected chi connectivity index (χ2v) is 4.30. The van der Waals surface area contributed by atoms with E-state index in [1.54, 1.807) is 19.2 Å². The first-order valence-corrected chi connectivity index (χ1v) is 5.32. The van der Waals surface area contributed by atoms with Crippen LogP contribution in [-0.4, -0.2) is 18.0 Å². The van der Waals surface area contributed by atoms with Gasteiger partial charge in [0.05, 0.1) is 6.61 Å². The number of benzene rings is 1. The molecule has 82 valence electrons. The van der Waals surface area contributed by atoms with Gasteiger partial charge in [-0.1, -0.05) is 15.9 Å². The standard InChI is InChI=1S/C11H13BrO3/c1-7(13)3-8-4-10(12)5-9(6-15-2)11(8)14/h4-5,14H,3,6H2,1-2H3. The minimum Gasteiger partial charge on any atom is -0.507 e. The van der Waals surface area contributed by atoms with E-state index in [1.165, 1.54) is 6.92 Å². The molecule has 0 aliphatic carbocycles. The van der Waals surface area contributed by atoms with E-state index < -0.39 is 0 Å². The first-order valence-electron chi connectivity index (χ1n) is 4.53. The Morgan fingerprint density at radius 1 is 1.47 bits per heavy atom. The Morgan fingerprint density at radius 2 is 2.07 bits per heavy atom. The third-order valence-corrected chi connectivity index (χ3v) is 2.43. The van der Waals surface area contributed by atoms with Crippen molar-refractivity contribution in [3.63, 3.8) is 0 Å². The lowest BCUT2D eigenvalue weighted by Gasteiger charge is -2.09. The van der Waals surface area contributed by atoms with E-state index in [-0.39, 0.29) is 18.0 Å². The minimum atomic E-state index is 0.0202. The summed E-state index contributed by atoms with van der Waals surface area (Å²) in [5, 5.41) is 9.84. The Balaban J connectivity index is 3.09. The van der Waals surface area contributed by atoms with E-state index >= 15 is 0 Å². The van der Waals surface area contributed by atoms with Crippen molar-refractivity contribution >= 4 is 21.7 Å². The van der Waals surface area contributed by atoms with Gasteiger partial charge in [0.2, 0.25) is 0 Å². The van der Waals surface area contributed by atoms with Crippen LogP contribution in [0.15, 0.2) is 16.6 Å². The number of phenolic OH excluding ortho intramolecular Hbond substituents is 1. The van der Waals surface area contributed by atoms with Crippen LogP contribution in [-0.2, 0) is 22.6 Å². The Labute approximate surface area is 97.2 Å². The second-order valence-electron chi connectivity index (χ2n) is 3.38. The third kappa shape index (κ3) is 3.32. The van der Waals surface area contributed by atoms with Crippen molar-refractivity contribution in [2.75, 3.05) is 7.11 Å². The summed E-state index contributed by atoms with van der Waals surface area (Å²) in [6.45, 7) is 1.83. The molecule has 4 heteroatoms. The lowest BCUT2D eigenvalue weighted by atomic mass is 10.0. The van der Waals surface area contributed by atoms with Crippen molar-refractivity contribution in [2.45, 2.75) is 20.0 Å². The number of carbonyl (C=O) groups excluding carboxylic acids is 1. The lowest BCUT2D eigenvalue weighted by molar-refractivity contribution is -0.116. The molecule has 1 rings (SSSR count). The third-order valence-electron chi connectivity index (χ3n) is 1.97. The molecule has 0 radical (unpaired) electrons. The molecule has 0 aliphatic heterocycles. The van der Waals surface area contributed by atoms with Gasteiger partial charge in [-0.15, -0.1) is 0 Å². The van der Waals surface area contributed by atoms with Gasteiger partial charge < -0.3 is 9.84 Å². The van der Waals surface area contributed by atoms with Gasteiger partial charge in [-0.05, 0) is 19.1 Å². The summed E-state index contributed by atoms with van der Waals surface area (Å²) in [6.07, 6.45) is 0.238. The molecule has 0 amide bonds. The van der Waals surface area contributed by atoms with E-state index in [4.69, 9.17) is 4.74 Å². The number of phenols is 1. The fraction of sp³-hybridized carbons (Fsp3) is 0.364. The predicted molar refractivity (Wildman–Crippen MR) is 60.9 cm³/mol. The number of methoxy groups -OCH3 is 1. The average molecular weight is 273 g/mol. The molecule has 1 N–H and O–H groups in total. The van der Waals surface area contributed by atoms with Gasteiger partial charge in [0.25, 0.3) is 0 Å². The van der Waals surface area contributed by atoms with Crippen LogP contribution in [0.4, 0.5) is 0 Å². The summed E-state index contributed by atoms with van der Waals surface area (Å²) in [4.78, 5) is 11.0. The topological polar surface area (TPSA) is 46.5 Å². The van der Waals surface area contributed by atoms with Gasteiger partial charge >= 0.3 is 0 Å². The first-order chi connectivity index (χ1) is 7.04. The number of rotatable bonds is 4. The Morgan fingerprint density at radius 3 is 2.60 bits per heavy atom. The van der Waals surface area contributed by atoms with Crippen molar-refractivity contribution in [1.82, 2.24) is 0 Å². The maximum atomic E-state index is 11.0. The molecule has 0 spiro atoms. The number of ether oxygens (including phenoxy) is 1. The van der Waals surface area contributed by atoms with Crippen molar-refractivity contribution in [2.24, 2.45) is 0 Å². The fourth-order valence-corrected chi connectivity index (χ4v) is 1.94. The monoisotopic (exact) mass is 272 g/mol. The highest BCUT2D eigenvalue weighted by molar-refractivity contribution is 9.10. The quantitative estimate of drug-likeness (QED) is 0.916. The van der Waals surface area contributed by atoms with Crippen LogP contribution in [0.5, 0.6) is 5.75 Å². The molecule has 0 unspecified atom stereocenters. The van der Waals surface area contributed by atoms with Crippen molar-refractivity contribution < 1.29 is 14.6 Å². The largest absolute Gasteiger partial charge is 0.507 e. The molecule has 1 aromatic rings. The van der Waals surface area contributed by atoms with Crippen LogP contribution < -0.4 is 0 Å². The summed E-state index contributed by atoms with van der Waals surface area (Å²) >= 11 is 3.33. The number of carbonyl (C=O) groups is 1. The van der Waals surface area contributed by atoms with Crippen LogP contribution in [0.3, 0.4) is 0 Å². The normalized spacial score (nSPS) is 10.3.